The molecule has 0 atom stereocenters. The molecule has 0 saturated carbocycles. The SMILES string of the molecule is CSCc1cc(F)ccc1CNc1ncc(C)cn1. The van der Waals surface area contributed by atoms with Gasteiger partial charge < -0.3 is 5.32 Å². The Labute approximate surface area is 116 Å². The van der Waals surface area contributed by atoms with E-state index in [4.69, 9.17) is 0 Å². The van der Waals surface area contributed by atoms with Crippen LogP contribution in [0.3, 0.4) is 0 Å². The Bertz CT molecular complexity index is 543. The van der Waals surface area contributed by atoms with E-state index in [-0.39, 0.29) is 5.82 Å². The molecule has 0 fully saturated rings. The molecule has 0 aliphatic carbocycles. The quantitative estimate of drug-likeness (QED) is 0.909. The van der Waals surface area contributed by atoms with E-state index >= 15 is 0 Å². The summed E-state index contributed by atoms with van der Waals surface area (Å²) in [6.45, 7) is 2.54. The van der Waals surface area contributed by atoms with Gasteiger partial charge in [0.2, 0.25) is 5.95 Å². The molecular weight excluding hydrogens is 261 g/mol. The molecule has 1 N–H and O–H groups in total. The molecule has 0 bridgehead atoms. The summed E-state index contributed by atoms with van der Waals surface area (Å²) in [7, 11) is 0. The number of nitrogens with one attached hydrogen (secondary N) is 1. The van der Waals surface area contributed by atoms with Crippen LogP contribution in [0, 0.1) is 12.7 Å². The van der Waals surface area contributed by atoms with Crippen molar-refractivity contribution in [1.82, 2.24) is 9.97 Å². The fourth-order valence-corrected chi connectivity index (χ4v) is 2.29. The molecule has 1 heterocycles. The van der Waals surface area contributed by atoms with Crippen LogP contribution in [-0.4, -0.2) is 16.2 Å². The van der Waals surface area contributed by atoms with Crippen LogP contribution < -0.4 is 5.32 Å². The summed E-state index contributed by atoms with van der Waals surface area (Å²) in [6, 6.07) is 4.88. The van der Waals surface area contributed by atoms with E-state index in [0.29, 0.717) is 12.5 Å². The molecular formula is C14H16FN3S. The predicted molar refractivity (Wildman–Crippen MR) is 77.7 cm³/mol. The maximum atomic E-state index is 13.2. The number of benzene rings is 1. The summed E-state index contributed by atoms with van der Waals surface area (Å²) in [5, 5.41) is 3.15. The van der Waals surface area contributed by atoms with Gasteiger partial charge in [-0.3, -0.25) is 0 Å². The van der Waals surface area contributed by atoms with Crippen LogP contribution in [0.4, 0.5) is 10.3 Å². The molecule has 19 heavy (non-hydrogen) atoms. The van der Waals surface area contributed by atoms with Crippen LogP contribution in [-0.2, 0) is 12.3 Å². The fourth-order valence-electron chi connectivity index (χ4n) is 1.71. The molecule has 0 spiro atoms. The highest BCUT2D eigenvalue weighted by molar-refractivity contribution is 7.97. The van der Waals surface area contributed by atoms with Crippen molar-refractivity contribution >= 4 is 17.7 Å². The highest BCUT2D eigenvalue weighted by Crippen LogP contribution is 2.17. The molecule has 0 radical (unpaired) electrons. The lowest BCUT2D eigenvalue weighted by atomic mass is 10.1. The molecule has 2 aromatic rings. The highest BCUT2D eigenvalue weighted by atomic mass is 32.2. The second kappa shape index (κ2) is 6.52. The Morgan fingerprint density at radius 1 is 1.21 bits per heavy atom. The predicted octanol–water partition coefficient (Wildman–Crippen LogP) is 3.40. The fraction of sp³-hybridized carbons (Fsp3) is 0.286. The summed E-state index contributed by atoms with van der Waals surface area (Å²) < 4.78 is 13.2. The van der Waals surface area contributed by atoms with Crippen molar-refractivity contribution in [3.8, 4) is 0 Å². The summed E-state index contributed by atoms with van der Waals surface area (Å²) in [4.78, 5) is 8.37. The van der Waals surface area contributed by atoms with Gasteiger partial charge >= 0.3 is 0 Å². The van der Waals surface area contributed by atoms with Crippen LogP contribution in [0.5, 0.6) is 0 Å². The van der Waals surface area contributed by atoms with E-state index in [1.807, 2.05) is 19.2 Å². The topological polar surface area (TPSA) is 37.8 Å². The Kier molecular flexibility index (Phi) is 4.74. The first-order valence-electron chi connectivity index (χ1n) is 5.98. The molecule has 1 aromatic heterocycles. The Morgan fingerprint density at radius 2 is 1.95 bits per heavy atom. The summed E-state index contributed by atoms with van der Waals surface area (Å²) in [5.74, 6) is 1.19. The third-order valence-corrected chi connectivity index (χ3v) is 3.29. The Balaban J connectivity index is 2.08. The molecule has 100 valence electrons. The molecule has 0 unspecified atom stereocenters. The van der Waals surface area contributed by atoms with Crippen molar-refractivity contribution in [3.63, 3.8) is 0 Å². The maximum absolute atomic E-state index is 13.2. The monoisotopic (exact) mass is 277 g/mol. The summed E-state index contributed by atoms with van der Waals surface area (Å²) >= 11 is 1.68. The zero-order valence-electron chi connectivity index (χ0n) is 11.0. The van der Waals surface area contributed by atoms with Crippen molar-refractivity contribution in [2.24, 2.45) is 0 Å². The van der Waals surface area contributed by atoms with Gasteiger partial charge in [0.15, 0.2) is 0 Å². The van der Waals surface area contributed by atoms with Gasteiger partial charge in [0.05, 0.1) is 0 Å². The minimum Gasteiger partial charge on any atom is -0.350 e. The Hall–Kier alpha value is -1.62. The molecule has 0 aliphatic heterocycles. The van der Waals surface area contributed by atoms with E-state index in [9.17, 15) is 4.39 Å². The van der Waals surface area contributed by atoms with Gasteiger partial charge in [-0.25, -0.2) is 14.4 Å². The van der Waals surface area contributed by atoms with Crippen LogP contribution >= 0.6 is 11.8 Å². The van der Waals surface area contributed by atoms with Gasteiger partial charge in [-0.05, 0) is 42.0 Å². The number of hydrogen-bond acceptors (Lipinski definition) is 4. The molecule has 0 saturated heterocycles. The van der Waals surface area contributed by atoms with Gasteiger partial charge in [-0.15, -0.1) is 0 Å². The standard InChI is InChI=1S/C14H16FN3S/c1-10-6-16-14(17-7-10)18-8-11-3-4-13(15)5-12(11)9-19-2/h3-7H,8-9H2,1-2H3,(H,16,17,18). The van der Waals surface area contributed by atoms with E-state index in [1.165, 1.54) is 6.07 Å². The minimum atomic E-state index is -0.195. The molecule has 5 heteroatoms. The number of nitrogens with zero attached hydrogens (tertiary/aromatic N) is 2. The largest absolute Gasteiger partial charge is 0.350 e. The van der Waals surface area contributed by atoms with Crippen molar-refractivity contribution in [1.29, 1.82) is 0 Å². The number of aryl methyl sites for hydroxylation is 1. The normalized spacial score (nSPS) is 10.5. The molecule has 2 rings (SSSR count). The molecule has 0 amide bonds. The lowest BCUT2D eigenvalue weighted by Gasteiger charge is -2.10. The summed E-state index contributed by atoms with van der Waals surface area (Å²) in [5.41, 5.74) is 3.10. The van der Waals surface area contributed by atoms with E-state index in [2.05, 4.69) is 15.3 Å². The van der Waals surface area contributed by atoms with E-state index in [0.717, 1.165) is 22.4 Å². The van der Waals surface area contributed by atoms with Crippen LogP contribution in [0.1, 0.15) is 16.7 Å². The van der Waals surface area contributed by atoms with Gasteiger partial charge in [-0.2, -0.15) is 11.8 Å². The molecule has 3 nitrogen and oxygen atoms in total. The van der Waals surface area contributed by atoms with E-state index in [1.54, 1.807) is 30.2 Å². The first-order valence-corrected chi connectivity index (χ1v) is 7.37. The number of rotatable bonds is 5. The lowest BCUT2D eigenvalue weighted by Crippen LogP contribution is -2.06. The maximum Gasteiger partial charge on any atom is 0.222 e. The first-order chi connectivity index (χ1) is 9.19. The first kappa shape index (κ1) is 13.8. The van der Waals surface area contributed by atoms with Gasteiger partial charge in [0, 0.05) is 24.7 Å². The number of halogens is 1. The molecule has 1 aromatic carbocycles. The second-order valence-electron chi connectivity index (χ2n) is 4.28. The second-order valence-corrected chi connectivity index (χ2v) is 5.15. The average Bonchev–Trinajstić information content (AvgIpc) is 2.40. The highest BCUT2D eigenvalue weighted by Gasteiger charge is 2.04. The van der Waals surface area contributed by atoms with Gasteiger partial charge in [0.25, 0.3) is 0 Å². The Morgan fingerprint density at radius 3 is 2.63 bits per heavy atom. The average molecular weight is 277 g/mol. The van der Waals surface area contributed by atoms with Crippen molar-refractivity contribution in [2.45, 2.75) is 19.2 Å². The lowest BCUT2D eigenvalue weighted by molar-refractivity contribution is 0.625. The third kappa shape index (κ3) is 3.92. The van der Waals surface area contributed by atoms with Gasteiger partial charge in [0.1, 0.15) is 5.82 Å². The van der Waals surface area contributed by atoms with Crippen LogP contribution in [0.25, 0.3) is 0 Å². The zero-order chi connectivity index (χ0) is 13.7. The summed E-state index contributed by atoms with van der Waals surface area (Å²) in [6.07, 6.45) is 5.54. The van der Waals surface area contributed by atoms with Crippen molar-refractivity contribution in [3.05, 3.63) is 53.1 Å². The third-order valence-electron chi connectivity index (χ3n) is 2.69. The van der Waals surface area contributed by atoms with E-state index < -0.39 is 0 Å². The minimum absolute atomic E-state index is 0.195. The number of aromatic nitrogens is 2. The zero-order valence-corrected chi connectivity index (χ0v) is 11.8. The number of hydrogen-bond donors (Lipinski definition) is 1. The van der Waals surface area contributed by atoms with Crippen LogP contribution in [0.2, 0.25) is 0 Å². The number of anilines is 1. The van der Waals surface area contributed by atoms with Gasteiger partial charge in [-0.1, -0.05) is 6.07 Å². The van der Waals surface area contributed by atoms with Crippen LogP contribution in [0.15, 0.2) is 30.6 Å². The molecule has 0 aliphatic rings. The van der Waals surface area contributed by atoms with Crippen molar-refractivity contribution < 1.29 is 4.39 Å². The van der Waals surface area contributed by atoms with Crippen molar-refractivity contribution in [2.75, 3.05) is 11.6 Å². The smallest absolute Gasteiger partial charge is 0.222 e. The number of thioether (sulfide) groups is 1.